The van der Waals surface area contributed by atoms with E-state index in [1.165, 1.54) is 16.7 Å². The van der Waals surface area contributed by atoms with Crippen molar-refractivity contribution in [1.29, 1.82) is 0 Å². The van der Waals surface area contributed by atoms with Gasteiger partial charge in [0.05, 0.1) is 18.3 Å². The average molecular weight is 364 g/mol. The molecule has 1 aliphatic rings. The van der Waals surface area contributed by atoms with Crippen molar-refractivity contribution in [3.63, 3.8) is 0 Å². The highest BCUT2D eigenvalue weighted by Crippen LogP contribution is 2.35. The van der Waals surface area contributed by atoms with Crippen LogP contribution in [0.2, 0.25) is 0 Å². The summed E-state index contributed by atoms with van der Waals surface area (Å²) in [6.07, 6.45) is 0.742. The van der Waals surface area contributed by atoms with Crippen LogP contribution in [-0.2, 0) is 4.79 Å². The Hall–Kier alpha value is -2.46. The lowest BCUT2D eigenvalue weighted by Gasteiger charge is -2.27. The van der Waals surface area contributed by atoms with Crippen LogP contribution in [0.1, 0.15) is 48.6 Å². The summed E-state index contributed by atoms with van der Waals surface area (Å²) in [4.78, 5) is 15.1. The number of hydrogen-bond donors (Lipinski definition) is 0. The number of carbonyl (C=O) groups excluding carboxylic acids is 1. The maximum atomic E-state index is 13.1. The second-order valence-corrected chi connectivity index (χ2v) is 7.74. The van der Waals surface area contributed by atoms with Gasteiger partial charge in [-0.25, -0.2) is 5.01 Å². The third-order valence-electron chi connectivity index (χ3n) is 5.33. The normalized spacial score (nSPS) is 16.9. The fourth-order valence-corrected chi connectivity index (χ4v) is 3.37. The van der Waals surface area contributed by atoms with Crippen molar-refractivity contribution in [2.24, 2.45) is 5.10 Å². The molecule has 0 fully saturated rings. The first kappa shape index (κ1) is 19.3. The summed E-state index contributed by atoms with van der Waals surface area (Å²) in [6, 6.07) is 16.9. The first-order valence-electron chi connectivity index (χ1n) is 9.59. The monoisotopic (exact) mass is 363 g/mol. The lowest BCUT2D eigenvalue weighted by molar-refractivity contribution is -0.134. The quantitative estimate of drug-likeness (QED) is 0.793. The number of carbonyl (C=O) groups is 1. The van der Waals surface area contributed by atoms with Crippen molar-refractivity contribution in [3.05, 3.63) is 70.8 Å². The van der Waals surface area contributed by atoms with Crippen LogP contribution >= 0.6 is 0 Å². The molecule has 1 heterocycles. The zero-order valence-corrected chi connectivity index (χ0v) is 16.9. The molecular formula is C23H29N3O. The number of hydrogen-bond acceptors (Lipinski definition) is 3. The highest BCUT2D eigenvalue weighted by Gasteiger charge is 2.34. The summed E-state index contributed by atoms with van der Waals surface area (Å²) in [5, 5.41) is 6.48. The maximum Gasteiger partial charge on any atom is 0.257 e. The third-order valence-corrected chi connectivity index (χ3v) is 5.33. The van der Waals surface area contributed by atoms with E-state index in [0.29, 0.717) is 12.6 Å². The number of aryl methyl sites for hydroxylation is 2. The van der Waals surface area contributed by atoms with E-state index in [-0.39, 0.29) is 11.9 Å². The molecule has 2 aromatic rings. The zero-order chi connectivity index (χ0) is 19.6. The van der Waals surface area contributed by atoms with Crippen molar-refractivity contribution < 1.29 is 4.79 Å². The number of likely N-dealkylation sites (N-methyl/N-ethyl adjacent to an activating group) is 1. The lowest BCUT2D eigenvalue weighted by atomic mass is 9.94. The number of nitrogens with zero attached hydrogens (tertiary/aromatic N) is 3. The van der Waals surface area contributed by atoms with Crippen molar-refractivity contribution in [1.82, 2.24) is 9.91 Å². The van der Waals surface area contributed by atoms with E-state index in [9.17, 15) is 4.79 Å². The van der Waals surface area contributed by atoms with Gasteiger partial charge < -0.3 is 0 Å². The zero-order valence-electron chi connectivity index (χ0n) is 16.9. The van der Waals surface area contributed by atoms with Gasteiger partial charge in [0.15, 0.2) is 0 Å². The van der Waals surface area contributed by atoms with E-state index < -0.39 is 0 Å². The fraction of sp³-hybridized carbons (Fsp3) is 0.391. The van der Waals surface area contributed by atoms with Crippen molar-refractivity contribution in [2.75, 3.05) is 13.6 Å². The number of hydrazone groups is 1. The molecule has 1 unspecified atom stereocenters. The first-order valence-corrected chi connectivity index (χ1v) is 9.59. The molecule has 4 heteroatoms. The van der Waals surface area contributed by atoms with E-state index in [4.69, 9.17) is 5.10 Å². The van der Waals surface area contributed by atoms with Crippen molar-refractivity contribution in [2.45, 2.75) is 46.2 Å². The lowest BCUT2D eigenvalue weighted by Crippen LogP contribution is -2.39. The molecule has 27 heavy (non-hydrogen) atoms. The van der Waals surface area contributed by atoms with E-state index in [1.54, 1.807) is 5.01 Å². The van der Waals surface area contributed by atoms with Crippen molar-refractivity contribution in [3.8, 4) is 0 Å². The van der Waals surface area contributed by atoms with Crippen LogP contribution in [0.15, 0.2) is 53.6 Å². The van der Waals surface area contributed by atoms with E-state index in [1.807, 2.05) is 25.2 Å². The van der Waals surface area contributed by atoms with Gasteiger partial charge in [0.2, 0.25) is 0 Å². The van der Waals surface area contributed by atoms with Gasteiger partial charge in [-0.15, -0.1) is 0 Å². The van der Waals surface area contributed by atoms with Crippen LogP contribution in [0.5, 0.6) is 0 Å². The second-order valence-electron chi connectivity index (χ2n) is 7.74. The van der Waals surface area contributed by atoms with E-state index >= 15 is 0 Å². The first-order chi connectivity index (χ1) is 12.9. The van der Waals surface area contributed by atoms with Crippen LogP contribution in [-0.4, -0.2) is 41.2 Å². The smallest absolute Gasteiger partial charge is 0.257 e. The number of benzene rings is 2. The van der Waals surface area contributed by atoms with Crippen LogP contribution in [0.25, 0.3) is 0 Å². The molecule has 0 aromatic heterocycles. The number of amides is 1. The minimum absolute atomic E-state index is 0.0445. The molecule has 0 saturated heterocycles. The fourth-order valence-electron chi connectivity index (χ4n) is 3.37. The molecule has 4 nitrogen and oxygen atoms in total. The molecule has 1 aliphatic heterocycles. The standard InChI is InChI=1S/C23H29N3O/c1-16(2)25(5)15-23(27)26-22(20-13-17(3)11-12-18(20)4)14-21(24-26)19-9-7-6-8-10-19/h6-13,16,22H,14-15H2,1-5H3. The molecular weight excluding hydrogens is 334 g/mol. The molecule has 142 valence electrons. The Labute approximate surface area is 162 Å². The average Bonchev–Trinajstić information content (AvgIpc) is 3.09. The van der Waals surface area contributed by atoms with Gasteiger partial charge in [0.1, 0.15) is 0 Å². The Balaban J connectivity index is 1.96. The molecule has 1 atom stereocenters. The van der Waals surface area contributed by atoms with Crippen LogP contribution in [0.4, 0.5) is 0 Å². The highest BCUT2D eigenvalue weighted by molar-refractivity contribution is 6.03. The van der Waals surface area contributed by atoms with Gasteiger partial charge in [-0.1, -0.05) is 54.1 Å². The summed E-state index contributed by atoms with van der Waals surface area (Å²) in [7, 11) is 1.98. The molecule has 0 N–H and O–H groups in total. The Morgan fingerprint density at radius 2 is 1.89 bits per heavy atom. The Bertz CT molecular complexity index is 842. The number of rotatable bonds is 5. The molecule has 0 bridgehead atoms. The van der Waals surface area contributed by atoms with Crippen LogP contribution in [0.3, 0.4) is 0 Å². The predicted octanol–water partition coefficient (Wildman–Crippen LogP) is 4.32. The molecule has 2 aromatic carbocycles. The summed E-state index contributed by atoms with van der Waals surface area (Å²) < 4.78 is 0. The van der Waals surface area contributed by atoms with Gasteiger partial charge in [-0.05, 0) is 51.4 Å². The summed E-state index contributed by atoms with van der Waals surface area (Å²) in [5.74, 6) is 0.0445. The molecule has 0 saturated carbocycles. The minimum Gasteiger partial charge on any atom is -0.295 e. The van der Waals surface area contributed by atoms with Crippen LogP contribution in [0, 0.1) is 13.8 Å². The predicted molar refractivity (Wildman–Crippen MR) is 111 cm³/mol. The van der Waals surface area contributed by atoms with Gasteiger partial charge in [0, 0.05) is 12.5 Å². The van der Waals surface area contributed by atoms with E-state index in [0.717, 1.165) is 17.7 Å². The van der Waals surface area contributed by atoms with Gasteiger partial charge in [-0.3, -0.25) is 9.69 Å². The maximum absolute atomic E-state index is 13.1. The second kappa shape index (κ2) is 8.05. The summed E-state index contributed by atoms with van der Waals surface area (Å²) in [6.45, 7) is 8.76. The van der Waals surface area contributed by atoms with Gasteiger partial charge in [0.25, 0.3) is 5.91 Å². The Morgan fingerprint density at radius 3 is 2.56 bits per heavy atom. The SMILES string of the molecule is Cc1ccc(C)c(C2CC(c3ccccc3)=NN2C(=O)CN(C)C(C)C)c1. The van der Waals surface area contributed by atoms with E-state index in [2.05, 4.69) is 62.9 Å². The summed E-state index contributed by atoms with van der Waals surface area (Å²) in [5.41, 5.74) is 5.65. The van der Waals surface area contributed by atoms with Crippen molar-refractivity contribution >= 4 is 11.6 Å². The molecule has 1 amide bonds. The molecule has 0 spiro atoms. The minimum atomic E-state index is -0.0480. The largest absolute Gasteiger partial charge is 0.295 e. The Morgan fingerprint density at radius 1 is 1.19 bits per heavy atom. The van der Waals surface area contributed by atoms with Gasteiger partial charge >= 0.3 is 0 Å². The highest BCUT2D eigenvalue weighted by atomic mass is 16.2. The molecule has 0 radical (unpaired) electrons. The van der Waals surface area contributed by atoms with Crippen LogP contribution < -0.4 is 0 Å². The summed E-state index contributed by atoms with van der Waals surface area (Å²) >= 11 is 0. The molecule has 0 aliphatic carbocycles. The Kier molecular flexibility index (Phi) is 5.76. The van der Waals surface area contributed by atoms with Gasteiger partial charge in [-0.2, -0.15) is 5.10 Å². The topological polar surface area (TPSA) is 35.9 Å². The molecule has 3 rings (SSSR count). The third kappa shape index (κ3) is 4.28.